The molecule has 7 heteroatoms. The van der Waals surface area contributed by atoms with Gasteiger partial charge in [-0.05, 0) is 38.0 Å². The number of aliphatic hydroxyl groups is 1. The standard InChI is InChI=1S/C16H26F3NO3/c1-2-3-13-10-12(6-9-23-13)15(22)20-7-4-11(5-8-20)14(21)16(17,18)19/h11-14,21H,2-10H2,1H3. The molecule has 2 aliphatic rings. The lowest BCUT2D eigenvalue weighted by molar-refractivity contribution is -0.223. The molecule has 3 unspecified atom stereocenters. The molecule has 4 nitrogen and oxygen atoms in total. The molecule has 23 heavy (non-hydrogen) atoms. The Kier molecular flexibility index (Phi) is 6.31. The predicted octanol–water partition coefficient (Wildman–Crippen LogP) is 2.74. The summed E-state index contributed by atoms with van der Waals surface area (Å²) in [6.07, 6.45) is -3.01. The molecular formula is C16H26F3NO3. The quantitative estimate of drug-likeness (QED) is 0.858. The molecule has 2 rings (SSSR count). The highest BCUT2D eigenvalue weighted by atomic mass is 19.4. The van der Waals surface area contributed by atoms with Crippen LogP contribution in [0, 0.1) is 11.8 Å². The largest absolute Gasteiger partial charge is 0.414 e. The molecule has 0 saturated carbocycles. The van der Waals surface area contributed by atoms with E-state index in [1.54, 1.807) is 4.90 Å². The Morgan fingerprint density at radius 1 is 1.30 bits per heavy atom. The highest BCUT2D eigenvalue weighted by molar-refractivity contribution is 5.79. The lowest BCUT2D eigenvalue weighted by Crippen LogP contribution is -2.47. The first kappa shape index (κ1) is 18.5. The number of piperidine rings is 1. The van der Waals surface area contributed by atoms with Crippen molar-refractivity contribution in [1.82, 2.24) is 4.90 Å². The van der Waals surface area contributed by atoms with Crippen LogP contribution in [-0.4, -0.2) is 54.0 Å². The third kappa shape index (κ3) is 4.83. The van der Waals surface area contributed by atoms with E-state index in [1.807, 2.05) is 0 Å². The number of aliphatic hydroxyl groups excluding tert-OH is 1. The van der Waals surface area contributed by atoms with E-state index in [9.17, 15) is 23.1 Å². The number of nitrogens with zero attached hydrogens (tertiary/aromatic N) is 1. The van der Waals surface area contributed by atoms with Crippen molar-refractivity contribution in [2.24, 2.45) is 11.8 Å². The fourth-order valence-corrected chi connectivity index (χ4v) is 3.59. The van der Waals surface area contributed by atoms with Crippen LogP contribution in [0.1, 0.15) is 45.4 Å². The number of hydrogen-bond acceptors (Lipinski definition) is 3. The normalized spacial score (nSPS) is 28.7. The SMILES string of the molecule is CCCC1CC(C(=O)N2CCC(C(O)C(F)(F)F)CC2)CCO1. The minimum atomic E-state index is -4.58. The Morgan fingerprint density at radius 2 is 1.96 bits per heavy atom. The maximum Gasteiger partial charge on any atom is 0.414 e. The molecule has 0 aromatic heterocycles. The zero-order valence-electron chi connectivity index (χ0n) is 13.5. The second-order valence-electron chi connectivity index (χ2n) is 6.65. The van der Waals surface area contributed by atoms with Crippen molar-refractivity contribution in [3.8, 4) is 0 Å². The topological polar surface area (TPSA) is 49.8 Å². The van der Waals surface area contributed by atoms with Crippen molar-refractivity contribution in [2.75, 3.05) is 19.7 Å². The van der Waals surface area contributed by atoms with Crippen LogP contribution < -0.4 is 0 Å². The number of likely N-dealkylation sites (tertiary alicyclic amines) is 1. The van der Waals surface area contributed by atoms with Gasteiger partial charge in [-0.15, -0.1) is 0 Å². The van der Waals surface area contributed by atoms with Gasteiger partial charge < -0.3 is 14.7 Å². The molecule has 2 fully saturated rings. The number of amides is 1. The molecule has 2 saturated heterocycles. The Bertz CT molecular complexity index is 393. The first-order valence-electron chi connectivity index (χ1n) is 8.48. The molecule has 0 aromatic carbocycles. The van der Waals surface area contributed by atoms with Gasteiger partial charge in [-0.2, -0.15) is 13.2 Å². The third-order valence-corrected chi connectivity index (χ3v) is 4.96. The Morgan fingerprint density at radius 3 is 2.52 bits per heavy atom. The van der Waals surface area contributed by atoms with Crippen molar-refractivity contribution >= 4 is 5.91 Å². The second-order valence-corrected chi connectivity index (χ2v) is 6.65. The average Bonchev–Trinajstić information content (AvgIpc) is 2.53. The number of rotatable bonds is 4. The van der Waals surface area contributed by atoms with Crippen LogP contribution in [0.2, 0.25) is 0 Å². The molecule has 3 atom stereocenters. The minimum absolute atomic E-state index is 0.0364. The molecule has 0 aromatic rings. The summed E-state index contributed by atoms with van der Waals surface area (Å²) in [5, 5.41) is 9.33. The number of carbonyl (C=O) groups excluding carboxylic acids is 1. The van der Waals surface area contributed by atoms with Crippen LogP contribution in [0.15, 0.2) is 0 Å². The summed E-state index contributed by atoms with van der Waals surface area (Å²) < 4.78 is 43.3. The summed E-state index contributed by atoms with van der Waals surface area (Å²) in [6, 6.07) is 0. The molecule has 0 radical (unpaired) electrons. The molecule has 134 valence electrons. The van der Waals surface area contributed by atoms with E-state index in [-0.39, 0.29) is 30.8 Å². The lowest BCUT2D eigenvalue weighted by Gasteiger charge is -2.38. The van der Waals surface area contributed by atoms with Gasteiger partial charge in [-0.3, -0.25) is 4.79 Å². The van der Waals surface area contributed by atoms with E-state index in [1.165, 1.54) is 0 Å². The zero-order valence-corrected chi connectivity index (χ0v) is 13.5. The van der Waals surface area contributed by atoms with E-state index in [0.29, 0.717) is 32.5 Å². The monoisotopic (exact) mass is 337 g/mol. The van der Waals surface area contributed by atoms with Gasteiger partial charge in [0.1, 0.15) is 0 Å². The molecule has 0 bridgehead atoms. The van der Waals surface area contributed by atoms with Gasteiger partial charge in [0.15, 0.2) is 6.10 Å². The highest BCUT2D eigenvalue weighted by Crippen LogP contribution is 2.33. The average molecular weight is 337 g/mol. The molecular weight excluding hydrogens is 311 g/mol. The number of alkyl halides is 3. The van der Waals surface area contributed by atoms with E-state index in [2.05, 4.69) is 6.92 Å². The summed E-state index contributed by atoms with van der Waals surface area (Å²) in [6.45, 7) is 3.24. The van der Waals surface area contributed by atoms with Crippen LogP contribution in [0.25, 0.3) is 0 Å². The minimum Gasteiger partial charge on any atom is -0.383 e. The van der Waals surface area contributed by atoms with Crippen molar-refractivity contribution < 1.29 is 27.8 Å². The van der Waals surface area contributed by atoms with Crippen LogP contribution in [0.5, 0.6) is 0 Å². The second kappa shape index (κ2) is 7.83. The maximum atomic E-state index is 12.6. The van der Waals surface area contributed by atoms with Crippen LogP contribution in [0.3, 0.4) is 0 Å². The van der Waals surface area contributed by atoms with Gasteiger partial charge >= 0.3 is 6.18 Å². The predicted molar refractivity (Wildman–Crippen MR) is 78.7 cm³/mol. The molecule has 1 N–H and O–H groups in total. The Labute approximate surface area is 135 Å². The third-order valence-electron chi connectivity index (χ3n) is 4.96. The van der Waals surface area contributed by atoms with Crippen LogP contribution in [0.4, 0.5) is 13.2 Å². The van der Waals surface area contributed by atoms with Crippen LogP contribution in [-0.2, 0) is 9.53 Å². The van der Waals surface area contributed by atoms with Gasteiger partial charge in [-0.1, -0.05) is 13.3 Å². The molecule has 2 aliphatic heterocycles. The van der Waals surface area contributed by atoms with Crippen molar-refractivity contribution in [3.63, 3.8) is 0 Å². The van der Waals surface area contributed by atoms with Gasteiger partial charge in [-0.25, -0.2) is 0 Å². The van der Waals surface area contributed by atoms with Crippen molar-refractivity contribution in [3.05, 3.63) is 0 Å². The summed E-state index contributed by atoms with van der Waals surface area (Å²) in [7, 11) is 0. The summed E-state index contributed by atoms with van der Waals surface area (Å²) in [5.74, 6) is -0.847. The van der Waals surface area contributed by atoms with Gasteiger partial charge in [0.05, 0.1) is 6.10 Å². The van der Waals surface area contributed by atoms with Crippen molar-refractivity contribution in [1.29, 1.82) is 0 Å². The molecule has 1 amide bonds. The van der Waals surface area contributed by atoms with Gasteiger partial charge in [0.25, 0.3) is 0 Å². The maximum absolute atomic E-state index is 12.6. The first-order valence-corrected chi connectivity index (χ1v) is 8.48. The summed E-state index contributed by atoms with van der Waals surface area (Å²) in [4.78, 5) is 14.2. The van der Waals surface area contributed by atoms with Crippen molar-refractivity contribution in [2.45, 2.75) is 63.8 Å². The number of hydrogen-bond donors (Lipinski definition) is 1. The fraction of sp³-hybridized carbons (Fsp3) is 0.938. The summed E-state index contributed by atoms with van der Waals surface area (Å²) in [5.41, 5.74) is 0. The summed E-state index contributed by atoms with van der Waals surface area (Å²) >= 11 is 0. The number of carbonyl (C=O) groups is 1. The van der Waals surface area contributed by atoms with E-state index in [4.69, 9.17) is 4.74 Å². The fourth-order valence-electron chi connectivity index (χ4n) is 3.59. The molecule has 0 spiro atoms. The molecule has 2 heterocycles. The first-order chi connectivity index (χ1) is 10.8. The Balaban J connectivity index is 1.83. The highest BCUT2D eigenvalue weighted by Gasteiger charge is 2.44. The number of ether oxygens (including phenoxy) is 1. The van der Waals surface area contributed by atoms with E-state index < -0.39 is 18.2 Å². The smallest absolute Gasteiger partial charge is 0.383 e. The zero-order chi connectivity index (χ0) is 17.0. The van der Waals surface area contributed by atoms with Gasteiger partial charge in [0.2, 0.25) is 5.91 Å². The van der Waals surface area contributed by atoms with E-state index >= 15 is 0 Å². The molecule has 0 aliphatic carbocycles. The Hall–Kier alpha value is -0.820. The van der Waals surface area contributed by atoms with E-state index in [0.717, 1.165) is 12.8 Å². The van der Waals surface area contributed by atoms with Gasteiger partial charge in [0, 0.05) is 25.6 Å². The number of halogens is 3. The lowest BCUT2D eigenvalue weighted by atomic mass is 9.88. The van der Waals surface area contributed by atoms with Crippen LogP contribution >= 0.6 is 0 Å².